The Bertz CT molecular complexity index is 4320. The van der Waals surface area contributed by atoms with Crippen molar-refractivity contribution in [2.45, 2.75) is 56.5 Å². The van der Waals surface area contributed by atoms with Crippen molar-refractivity contribution in [2.75, 3.05) is 23.1 Å². The molecule has 7 N–H and O–H groups in total. The number of carboxylic acids is 1. The van der Waals surface area contributed by atoms with Gasteiger partial charge < -0.3 is 39.0 Å². The Labute approximate surface area is 506 Å². The summed E-state index contributed by atoms with van der Waals surface area (Å²) in [6, 6.07) is 27.5. The Morgan fingerprint density at radius 1 is 0.556 bits per heavy atom. The number of amides is 3. The molecule has 0 bridgehead atoms. The number of halogens is 3. The molecule has 0 aliphatic heterocycles. The van der Waals surface area contributed by atoms with E-state index in [0.717, 1.165) is 48.1 Å². The first-order valence-corrected chi connectivity index (χ1v) is 27.6. The number of carboxylic acid groups (broad SMARTS) is 1. The van der Waals surface area contributed by atoms with Crippen LogP contribution in [0.15, 0.2) is 179 Å². The number of methoxy groups -OCH3 is 1. The third-order valence-electron chi connectivity index (χ3n) is 14.1. The first kappa shape index (κ1) is 59.9. The fourth-order valence-corrected chi connectivity index (χ4v) is 9.15. The average molecular weight is 1230 g/mol. The van der Waals surface area contributed by atoms with E-state index in [1.165, 1.54) is 6.42 Å². The molecule has 30 heteroatoms. The van der Waals surface area contributed by atoms with E-state index in [1.807, 2.05) is 76.4 Å². The first-order chi connectivity index (χ1) is 43.6. The highest BCUT2D eigenvalue weighted by molar-refractivity contribution is 6.06. The van der Waals surface area contributed by atoms with Crippen molar-refractivity contribution in [2.24, 2.45) is 7.05 Å². The summed E-state index contributed by atoms with van der Waals surface area (Å²) >= 11 is 0. The number of rotatable bonds is 15. The van der Waals surface area contributed by atoms with Gasteiger partial charge in [0.15, 0.2) is 17.3 Å². The molecule has 2 aliphatic carbocycles. The summed E-state index contributed by atoms with van der Waals surface area (Å²) in [5.74, 6) is -1.48. The summed E-state index contributed by atoms with van der Waals surface area (Å²) in [5.41, 5.74) is 8.05. The molecule has 2 saturated carbocycles. The molecule has 3 amide bonds. The Hall–Kier alpha value is -11.8. The van der Waals surface area contributed by atoms with Crippen molar-refractivity contribution in [1.82, 2.24) is 74.9 Å². The maximum atomic E-state index is 12.8. The van der Waals surface area contributed by atoms with E-state index in [1.54, 1.807) is 117 Å². The average Bonchev–Trinajstić information content (AvgIpc) is 3.08. The van der Waals surface area contributed by atoms with Crippen LogP contribution in [-0.2, 0) is 16.6 Å². The van der Waals surface area contributed by atoms with Gasteiger partial charge in [-0.3, -0.25) is 58.7 Å². The van der Waals surface area contributed by atoms with Gasteiger partial charge >= 0.3 is 12.1 Å². The number of furan rings is 3. The fraction of sp³-hybridized carbons (Fsp3) is 0.183. The molecule has 0 aromatic carbocycles. The van der Waals surface area contributed by atoms with E-state index < -0.39 is 12.1 Å². The van der Waals surface area contributed by atoms with Crippen molar-refractivity contribution in [3.8, 4) is 68.1 Å². The number of anilines is 3. The second-order valence-electron chi connectivity index (χ2n) is 20.1. The van der Waals surface area contributed by atoms with Crippen LogP contribution in [-0.4, -0.2) is 123 Å². The van der Waals surface area contributed by atoms with Crippen LogP contribution in [0.2, 0.25) is 0 Å². The van der Waals surface area contributed by atoms with Crippen LogP contribution in [0.3, 0.4) is 0 Å². The van der Waals surface area contributed by atoms with Crippen LogP contribution in [0.5, 0.6) is 0 Å². The van der Waals surface area contributed by atoms with E-state index in [0.29, 0.717) is 68.9 Å². The third kappa shape index (κ3) is 14.2. The fourth-order valence-electron chi connectivity index (χ4n) is 9.15. The molecule has 0 saturated heterocycles. The Balaban J connectivity index is 0.000000132. The van der Waals surface area contributed by atoms with Gasteiger partial charge in [-0.05, 0) is 105 Å². The van der Waals surface area contributed by atoms with Gasteiger partial charge in [-0.2, -0.15) is 43.8 Å². The zero-order valence-corrected chi connectivity index (χ0v) is 47.6. The SMILES string of the molecule is COC1CC(n2cc(NC(=O)c3ccc(-c4cn[nH]c4)o3)c(-c3ccccn3)n2)C1.Cn1cc(NC(=O)c2ccc(-c3cn[nH]c3)o2)c(-c2ccccn2)n1.O=C(Nc1cn(C2CCC2)nc1-c1ccccn1)c1ccc(-c2cn[nH]c2)o1.O=C(O)C(F)(F)F. The number of ether oxygens (including phenoxy) is 1. The highest BCUT2D eigenvalue weighted by atomic mass is 19.4. The van der Waals surface area contributed by atoms with Gasteiger partial charge in [-0.15, -0.1) is 0 Å². The first-order valence-electron chi connectivity index (χ1n) is 27.6. The summed E-state index contributed by atoms with van der Waals surface area (Å²) in [6.45, 7) is 0. The molecule has 14 rings (SSSR count). The van der Waals surface area contributed by atoms with Gasteiger partial charge in [-0.25, -0.2) is 4.79 Å². The molecule has 0 spiro atoms. The smallest absolute Gasteiger partial charge is 0.475 e. The highest BCUT2D eigenvalue weighted by Gasteiger charge is 2.38. The van der Waals surface area contributed by atoms with E-state index in [9.17, 15) is 27.6 Å². The number of H-pyrrole nitrogens is 3. The Morgan fingerprint density at radius 3 is 1.26 bits per heavy atom. The molecular formula is C60H53F3N18O9. The number of aryl methyl sites for hydroxylation is 1. The van der Waals surface area contributed by atoms with Crippen LogP contribution in [0, 0.1) is 0 Å². The minimum Gasteiger partial charge on any atom is -0.475 e. The summed E-state index contributed by atoms with van der Waals surface area (Å²) in [4.78, 5) is 60.0. The molecular weight excluding hydrogens is 1170 g/mol. The number of aliphatic carboxylic acids is 1. The van der Waals surface area contributed by atoms with Crippen LogP contribution in [0.25, 0.3) is 68.1 Å². The molecule has 90 heavy (non-hydrogen) atoms. The van der Waals surface area contributed by atoms with Crippen molar-refractivity contribution in [3.05, 3.63) is 183 Å². The quantitative estimate of drug-likeness (QED) is 0.0501. The lowest BCUT2D eigenvalue weighted by atomic mass is 9.89. The molecule has 0 radical (unpaired) electrons. The zero-order valence-electron chi connectivity index (χ0n) is 47.6. The lowest BCUT2D eigenvalue weighted by molar-refractivity contribution is -0.192. The number of carbonyl (C=O) groups excluding carboxylic acids is 3. The second-order valence-corrected chi connectivity index (χ2v) is 20.1. The van der Waals surface area contributed by atoms with Crippen LogP contribution in [0.4, 0.5) is 30.2 Å². The van der Waals surface area contributed by atoms with Crippen LogP contribution in [0.1, 0.15) is 75.9 Å². The van der Waals surface area contributed by atoms with Crippen molar-refractivity contribution in [1.29, 1.82) is 0 Å². The van der Waals surface area contributed by atoms with Gasteiger partial charge in [0, 0.05) is 69.9 Å². The number of aromatic nitrogens is 15. The number of hydrogen-bond acceptors (Lipinski definition) is 17. The molecule has 27 nitrogen and oxygen atoms in total. The highest BCUT2D eigenvalue weighted by Crippen LogP contribution is 2.38. The van der Waals surface area contributed by atoms with Crippen molar-refractivity contribution < 1.29 is 55.4 Å². The summed E-state index contributed by atoms with van der Waals surface area (Å²) in [5, 5.41) is 49.4. The molecule has 2 aliphatic rings. The number of carbonyl (C=O) groups is 4. The number of hydrogen-bond donors (Lipinski definition) is 7. The van der Waals surface area contributed by atoms with Crippen molar-refractivity contribution in [3.63, 3.8) is 0 Å². The van der Waals surface area contributed by atoms with Gasteiger partial charge in [0.05, 0.1) is 87.6 Å². The van der Waals surface area contributed by atoms with Crippen LogP contribution < -0.4 is 16.0 Å². The molecule has 12 aromatic rings. The summed E-state index contributed by atoms with van der Waals surface area (Å²) in [6.07, 6.45) is 20.9. The number of pyridine rings is 3. The maximum absolute atomic E-state index is 12.8. The molecule has 0 unspecified atom stereocenters. The predicted octanol–water partition coefficient (Wildman–Crippen LogP) is 10.8. The van der Waals surface area contributed by atoms with E-state index >= 15 is 0 Å². The number of nitrogens with one attached hydrogen (secondary N) is 6. The minimum atomic E-state index is -5.08. The van der Waals surface area contributed by atoms with Gasteiger partial charge in [-0.1, -0.05) is 18.2 Å². The van der Waals surface area contributed by atoms with Crippen molar-refractivity contribution >= 4 is 40.8 Å². The number of nitrogens with zero attached hydrogens (tertiary/aromatic N) is 12. The van der Waals surface area contributed by atoms with Gasteiger partial charge in [0.25, 0.3) is 17.7 Å². The number of aromatic amines is 3. The summed E-state index contributed by atoms with van der Waals surface area (Å²) in [7, 11) is 3.50. The standard InChI is InChI=1S/C21H20N6O3.C20H18N6O2.C17H14N6O2.C2HF3O2/c1-29-15-8-14(9-15)27-12-17(20(26-27)16-4-2-3-7-22-16)25-21(28)19-6-5-18(30-19)13-10-23-24-11-13;27-20(18-8-7-17(28-18)13-10-22-23-11-13)24-16-12-26(14-4-3-5-14)25-19(16)15-6-1-2-9-21-15;1-23-10-13(16(22-23)12-4-2-3-7-18-12)21-17(24)15-6-5-14(25-15)11-8-19-20-9-11;3-2(4,5)1(6)7/h2-7,10-12,14-15H,8-9H2,1H3,(H,23,24)(H,25,28);1-2,6-12,14H,3-5H2,(H,22,23)(H,24,27);2-10H,1H3,(H,19,20)(H,21,24);(H,6,7). The molecule has 12 heterocycles. The maximum Gasteiger partial charge on any atom is 0.490 e. The Morgan fingerprint density at radius 2 is 0.933 bits per heavy atom. The molecule has 12 aromatic heterocycles. The van der Waals surface area contributed by atoms with E-state index in [-0.39, 0.29) is 47.1 Å². The monoisotopic (exact) mass is 1230 g/mol. The van der Waals surface area contributed by atoms with Gasteiger partial charge in [0.2, 0.25) is 0 Å². The predicted molar refractivity (Wildman–Crippen MR) is 316 cm³/mol. The summed E-state index contributed by atoms with van der Waals surface area (Å²) < 4.78 is 59.5. The second kappa shape index (κ2) is 26.8. The minimum absolute atomic E-state index is 0.201. The molecule has 0 atom stereocenters. The normalized spacial score (nSPS) is 14.3. The molecule has 458 valence electrons. The number of alkyl halides is 3. The zero-order chi connectivity index (χ0) is 62.7. The molecule has 2 fully saturated rings. The van der Waals surface area contributed by atoms with E-state index in [4.69, 9.17) is 38.1 Å². The third-order valence-corrected chi connectivity index (χ3v) is 14.1. The van der Waals surface area contributed by atoms with E-state index in [2.05, 4.69) is 66.6 Å². The lowest BCUT2D eigenvalue weighted by Crippen LogP contribution is -2.32. The topological polar surface area (TPSA) is 351 Å². The Kier molecular flexibility index (Phi) is 17.9. The lowest BCUT2D eigenvalue weighted by Gasteiger charge is -2.34. The van der Waals surface area contributed by atoms with Crippen LogP contribution >= 0.6 is 0 Å². The van der Waals surface area contributed by atoms with Gasteiger partial charge in [0.1, 0.15) is 34.4 Å². The largest absolute Gasteiger partial charge is 0.490 e.